The van der Waals surface area contributed by atoms with E-state index in [1.54, 1.807) is 5.56 Å². The highest BCUT2D eigenvalue weighted by Crippen LogP contribution is 2.27. The molecule has 0 amide bonds. The third-order valence-electron chi connectivity index (χ3n) is 3.03. The summed E-state index contributed by atoms with van der Waals surface area (Å²) in [4.78, 5) is 0. The molecule has 1 atom stereocenters. The van der Waals surface area contributed by atoms with Crippen LogP contribution in [0.15, 0.2) is 24.3 Å². The second-order valence-electron chi connectivity index (χ2n) is 4.10. The van der Waals surface area contributed by atoms with Crippen molar-refractivity contribution in [3.63, 3.8) is 0 Å². The molecular weight excluding hydrogens is 168 g/mol. The Balaban J connectivity index is 2.73. The van der Waals surface area contributed by atoms with E-state index < -0.39 is 0 Å². The summed E-state index contributed by atoms with van der Waals surface area (Å²) in [5, 5.41) is 0. The van der Waals surface area contributed by atoms with E-state index in [0.29, 0.717) is 0 Å². The third kappa shape index (κ3) is 2.87. The average molecular weight is 190 g/mol. The Morgan fingerprint density at radius 1 is 1.14 bits per heavy atom. The Labute approximate surface area is 88.4 Å². The first kappa shape index (κ1) is 11.3. The van der Waals surface area contributed by atoms with Crippen LogP contribution in [0.3, 0.4) is 0 Å². The van der Waals surface area contributed by atoms with Crippen molar-refractivity contribution in [3.8, 4) is 0 Å². The molecule has 78 valence electrons. The summed E-state index contributed by atoms with van der Waals surface area (Å²) >= 11 is 0. The van der Waals surface area contributed by atoms with E-state index in [1.807, 2.05) is 0 Å². The molecule has 0 aromatic heterocycles. The zero-order valence-corrected chi connectivity index (χ0v) is 9.72. The van der Waals surface area contributed by atoms with Crippen LogP contribution in [0.5, 0.6) is 0 Å². The lowest BCUT2D eigenvalue weighted by Gasteiger charge is -2.17. The van der Waals surface area contributed by atoms with Crippen LogP contribution < -0.4 is 0 Å². The predicted octanol–water partition coefficient (Wildman–Crippen LogP) is 4.68. The highest BCUT2D eigenvalue weighted by atomic mass is 14.1. The molecule has 0 nitrogen and oxygen atoms in total. The van der Waals surface area contributed by atoms with Crippen LogP contribution in [0.1, 0.15) is 56.6 Å². The number of hydrogen-bond acceptors (Lipinski definition) is 0. The molecule has 0 fully saturated rings. The summed E-state index contributed by atoms with van der Waals surface area (Å²) in [6, 6.07) is 8.81. The highest BCUT2D eigenvalue weighted by molar-refractivity contribution is 5.28. The fraction of sp³-hybridized carbons (Fsp3) is 0.571. The molecule has 0 spiro atoms. The minimum Gasteiger partial charge on any atom is -0.0654 e. The Morgan fingerprint density at radius 2 is 1.86 bits per heavy atom. The number of unbranched alkanes of at least 4 members (excludes halogenated alkanes) is 1. The van der Waals surface area contributed by atoms with Gasteiger partial charge in [-0.05, 0) is 36.8 Å². The minimum atomic E-state index is 0.774. The van der Waals surface area contributed by atoms with Gasteiger partial charge in [-0.2, -0.15) is 0 Å². The zero-order valence-electron chi connectivity index (χ0n) is 9.72. The van der Waals surface area contributed by atoms with Crippen LogP contribution in [-0.4, -0.2) is 0 Å². The maximum atomic E-state index is 2.30. The van der Waals surface area contributed by atoms with E-state index in [-0.39, 0.29) is 0 Å². The molecule has 0 saturated carbocycles. The van der Waals surface area contributed by atoms with Crippen LogP contribution in [-0.2, 0) is 0 Å². The first-order valence-corrected chi connectivity index (χ1v) is 5.85. The summed E-state index contributed by atoms with van der Waals surface area (Å²) in [5.74, 6) is 0.774. The summed E-state index contributed by atoms with van der Waals surface area (Å²) in [6.45, 7) is 6.79. The highest BCUT2D eigenvalue weighted by Gasteiger charge is 2.10. The van der Waals surface area contributed by atoms with Crippen LogP contribution in [0.2, 0.25) is 0 Å². The molecule has 0 aliphatic heterocycles. The number of benzene rings is 1. The third-order valence-corrected chi connectivity index (χ3v) is 3.03. The van der Waals surface area contributed by atoms with Crippen LogP contribution in [0.4, 0.5) is 0 Å². The quantitative estimate of drug-likeness (QED) is 0.632. The maximum Gasteiger partial charge on any atom is -0.0162 e. The van der Waals surface area contributed by atoms with Gasteiger partial charge in [-0.3, -0.25) is 0 Å². The van der Waals surface area contributed by atoms with Gasteiger partial charge in [-0.1, -0.05) is 51.0 Å². The molecule has 0 N–H and O–H groups in total. The van der Waals surface area contributed by atoms with Crippen LogP contribution >= 0.6 is 0 Å². The van der Waals surface area contributed by atoms with E-state index in [1.165, 1.54) is 31.2 Å². The average Bonchev–Trinajstić information content (AvgIpc) is 2.21. The Bertz CT molecular complexity index is 262. The monoisotopic (exact) mass is 190 g/mol. The molecule has 1 aromatic carbocycles. The van der Waals surface area contributed by atoms with Gasteiger partial charge in [-0.15, -0.1) is 0 Å². The lowest BCUT2D eigenvalue weighted by Crippen LogP contribution is -1.99. The molecule has 1 rings (SSSR count). The summed E-state index contributed by atoms with van der Waals surface area (Å²) < 4.78 is 0. The van der Waals surface area contributed by atoms with E-state index in [2.05, 4.69) is 45.0 Å². The maximum absolute atomic E-state index is 2.30. The SMILES string of the molecule is CCCC[C@@H](CC)c1ccccc1C. The molecular formula is C14H22. The molecule has 0 heterocycles. The predicted molar refractivity (Wildman–Crippen MR) is 63.7 cm³/mol. The van der Waals surface area contributed by atoms with Crippen molar-refractivity contribution < 1.29 is 0 Å². The first-order chi connectivity index (χ1) is 6.79. The van der Waals surface area contributed by atoms with Gasteiger partial charge in [0.15, 0.2) is 0 Å². The Kier molecular flexibility index (Phi) is 4.72. The molecule has 0 aliphatic carbocycles. The van der Waals surface area contributed by atoms with Crippen LogP contribution in [0, 0.1) is 6.92 Å². The van der Waals surface area contributed by atoms with Gasteiger partial charge in [0.2, 0.25) is 0 Å². The second-order valence-corrected chi connectivity index (χ2v) is 4.10. The largest absolute Gasteiger partial charge is 0.0654 e. The zero-order chi connectivity index (χ0) is 10.4. The Morgan fingerprint density at radius 3 is 2.43 bits per heavy atom. The van der Waals surface area contributed by atoms with Crippen molar-refractivity contribution >= 4 is 0 Å². The molecule has 0 aliphatic rings. The van der Waals surface area contributed by atoms with Gasteiger partial charge in [-0.25, -0.2) is 0 Å². The van der Waals surface area contributed by atoms with Crippen molar-refractivity contribution in [2.75, 3.05) is 0 Å². The van der Waals surface area contributed by atoms with Crippen molar-refractivity contribution in [1.29, 1.82) is 0 Å². The van der Waals surface area contributed by atoms with Crippen molar-refractivity contribution in [2.45, 2.75) is 52.4 Å². The lowest BCUT2D eigenvalue weighted by molar-refractivity contribution is 0.567. The topological polar surface area (TPSA) is 0 Å². The van der Waals surface area contributed by atoms with E-state index in [0.717, 1.165) is 5.92 Å². The smallest absolute Gasteiger partial charge is 0.0162 e. The second kappa shape index (κ2) is 5.85. The fourth-order valence-electron chi connectivity index (χ4n) is 2.07. The standard InChI is InChI=1S/C14H22/c1-4-6-10-13(5-2)14-11-8-7-9-12(14)3/h7-9,11,13H,4-6,10H2,1-3H3/t13-/m1/s1. The number of aryl methyl sites for hydroxylation is 1. The first-order valence-electron chi connectivity index (χ1n) is 5.85. The summed E-state index contributed by atoms with van der Waals surface area (Å²) in [5.41, 5.74) is 3.01. The molecule has 0 heteroatoms. The van der Waals surface area contributed by atoms with Gasteiger partial charge in [0.05, 0.1) is 0 Å². The summed E-state index contributed by atoms with van der Waals surface area (Å²) in [7, 11) is 0. The molecule has 0 bridgehead atoms. The normalized spacial score (nSPS) is 12.8. The summed E-state index contributed by atoms with van der Waals surface area (Å²) in [6.07, 6.45) is 5.28. The fourth-order valence-corrected chi connectivity index (χ4v) is 2.07. The minimum absolute atomic E-state index is 0.774. The van der Waals surface area contributed by atoms with Gasteiger partial charge in [0.25, 0.3) is 0 Å². The molecule has 1 aromatic rings. The molecule has 14 heavy (non-hydrogen) atoms. The van der Waals surface area contributed by atoms with E-state index in [4.69, 9.17) is 0 Å². The molecule has 0 unspecified atom stereocenters. The molecule has 0 saturated heterocycles. The van der Waals surface area contributed by atoms with E-state index >= 15 is 0 Å². The van der Waals surface area contributed by atoms with Gasteiger partial charge >= 0.3 is 0 Å². The van der Waals surface area contributed by atoms with Crippen molar-refractivity contribution in [1.82, 2.24) is 0 Å². The van der Waals surface area contributed by atoms with Crippen molar-refractivity contribution in [2.24, 2.45) is 0 Å². The van der Waals surface area contributed by atoms with Gasteiger partial charge in [0.1, 0.15) is 0 Å². The van der Waals surface area contributed by atoms with Gasteiger partial charge in [0, 0.05) is 0 Å². The van der Waals surface area contributed by atoms with Gasteiger partial charge < -0.3 is 0 Å². The Hall–Kier alpha value is -0.780. The van der Waals surface area contributed by atoms with Crippen LogP contribution in [0.25, 0.3) is 0 Å². The molecule has 0 radical (unpaired) electrons. The number of hydrogen-bond donors (Lipinski definition) is 0. The van der Waals surface area contributed by atoms with E-state index in [9.17, 15) is 0 Å². The lowest BCUT2D eigenvalue weighted by atomic mass is 9.88. The van der Waals surface area contributed by atoms with Crippen molar-refractivity contribution in [3.05, 3.63) is 35.4 Å². The number of rotatable bonds is 5.